The zero-order valence-electron chi connectivity index (χ0n) is 15.2. The molecule has 3 rings (SSSR count). The largest absolute Gasteiger partial charge is 0.491 e. The third kappa shape index (κ3) is 5.69. The van der Waals surface area contributed by atoms with Crippen LogP contribution in [0.15, 0.2) is 29.6 Å². The van der Waals surface area contributed by atoms with E-state index in [1.165, 1.54) is 24.2 Å². The van der Waals surface area contributed by atoms with Crippen molar-refractivity contribution in [3.8, 4) is 16.3 Å². The fraction of sp³-hybridized carbons (Fsp3) is 0.474. The lowest BCUT2D eigenvalue weighted by Crippen LogP contribution is -2.38. The van der Waals surface area contributed by atoms with E-state index >= 15 is 0 Å². The number of piperidine rings is 1. The maximum Gasteiger partial charge on any atom is 0.270 e. The summed E-state index contributed by atoms with van der Waals surface area (Å²) in [6, 6.07) is 7.83. The highest BCUT2D eigenvalue weighted by atomic mass is 35.5. The Morgan fingerprint density at radius 3 is 2.81 bits per heavy atom. The molecule has 26 heavy (non-hydrogen) atoms. The molecular weight excluding hydrogens is 370 g/mol. The van der Waals surface area contributed by atoms with E-state index < -0.39 is 0 Å². The zero-order valence-corrected chi connectivity index (χ0v) is 16.8. The van der Waals surface area contributed by atoms with Crippen LogP contribution in [0.4, 0.5) is 0 Å². The molecule has 1 aromatic carbocycles. The van der Waals surface area contributed by atoms with Crippen molar-refractivity contribution in [3.63, 3.8) is 0 Å². The van der Waals surface area contributed by atoms with Crippen molar-refractivity contribution >= 4 is 29.7 Å². The van der Waals surface area contributed by atoms with Gasteiger partial charge in [0.25, 0.3) is 5.91 Å². The van der Waals surface area contributed by atoms with E-state index in [4.69, 9.17) is 4.74 Å². The first kappa shape index (κ1) is 20.7. The Labute approximate surface area is 165 Å². The summed E-state index contributed by atoms with van der Waals surface area (Å²) in [5, 5.41) is 9.04. The molecule has 5 nitrogen and oxygen atoms in total. The molecule has 1 aromatic heterocycles. The number of aromatic nitrogens is 1. The first-order chi connectivity index (χ1) is 12.1. The quantitative estimate of drug-likeness (QED) is 0.781. The topological polar surface area (TPSA) is 63.2 Å². The molecule has 0 aliphatic carbocycles. The van der Waals surface area contributed by atoms with E-state index in [0.29, 0.717) is 18.2 Å². The number of hydrogen-bond donors (Lipinski definition) is 2. The standard InChI is InChI=1S/C19H25N3O2S.ClH/c1-13(2)24-16-7-5-15(6-8-16)19-22-17(12-25-19)18(23)21-11-14-4-3-9-20-10-14;/h5-8,12-14,20H,3-4,9-11H2,1-2H3,(H,21,23);1H. The van der Waals surface area contributed by atoms with Crippen molar-refractivity contribution in [3.05, 3.63) is 35.3 Å². The number of hydrogen-bond acceptors (Lipinski definition) is 5. The summed E-state index contributed by atoms with van der Waals surface area (Å²) in [5.41, 5.74) is 1.49. The summed E-state index contributed by atoms with van der Waals surface area (Å²) in [6.07, 6.45) is 2.50. The molecule has 1 amide bonds. The number of rotatable bonds is 6. The fourth-order valence-corrected chi connectivity index (χ4v) is 3.69. The minimum Gasteiger partial charge on any atom is -0.491 e. The molecular formula is C19H26ClN3O2S. The summed E-state index contributed by atoms with van der Waals surface area (Å²) < 4.78 is 5.65. The number of amides is 1. The summed E-state index contributed by atoms with van der Waals surface area (Å²) in [5.74, 6) is 1.27. The Morgan fingerprint density at radius 2 is 2.15 bits per heavy atom. The SMILES string of the molecule is CC(C)Oc1ccc(-c2nc(C(=O)NCC3CCCNC3)cs2)cc1.Cl. The summed E-state index contributed by atoms with van der Waals surface area (Å²) in [4.78, 5) is 16.8. The van der Waals surface area contributed by atoms with Gasteiger partial charge in [0.15, 0.2) is 0 Å². The van der Waals surface area contributed by atoms with Crippen LogP contribution in [-0.4, -0.2) is 36.6 Å². The molecule has 1 atom stereocenters. The lowest BCUT2D eigenvalue weighted by atomic mass is 10.00. The van der Waals surface area contributed by atoms with Gasteiger partial charge in [0, 0.05) is 17.5 Å². The van der Waals surface area contributed by atoms with Gasteiger partial charge < -0.3 is 15.4 Å². The molecule has 0 radical (unpaired) electrons. The van der Waals surface area contributed by atoms with Gasteiger partial charge in [-0.1, -0.05) is 0 Å². The molecule has 1 saturated heterocycles. The van der Waals surface area contributed by atoms with E-state index in [2.05, 4.69) is 15.6 Å². The van der Waals surface area contributed by atoms with Gasteiger partial charge in [0.2, 0.25) is 0 Å². The molecule has 0 bridgehead atoms. The molecule has 2 N–H and O–H groups in total. The van der Waals surface area contributed by atoms with E-state index in [1.807, 2.05) is 43.5 Å². The highest BCUT2D eigenvalue weighted by Gasteiger charge is 2.16. The summed E-state index contributed by atoms with van der Waals surface area (Å²) >= 11 is 1.49. The Hall–Kier alpha value is -1.63. The molecule has 1 aliphatic rings. The van der Waals surface area contributed by atoms with Crippen molar-refractivity contribution in [1.82, 2.24) is 15.6 Å². The number of ether oxygens (including phenoxy) is 1. The van der Waals surface area contributed by atoms with Crippen molar-refractivity contribution in [1.29, 1.82) is 0 Å². The summed E-state index contributed by atoms with van der Waals surface area (Å²) in [7, 11) is 0. The van der Waals surface area contributed by atoms with Gasteiger partial charge in [0.05, 0.1) is 6.10 Å². The molecule has 7 heteroatoms. The van der Waals surface area contributed by atoms with Crippen LogP contribution in [0.5, 0.6) is 5.75 Å². The second-order valence-electron chi connectivity index (χ2n) is 6.65. The van der Waals surface area contributed by atoms with Crippen LogP contribution in [0, 0.1) is 5.92 Å². The van der Waals surface area contributed by atoms with Gasteiger partial charge in [-0.2, -0.15) is 0 Å². The van der Waals surface area contributed by atoms with Gasteiger partial charge in [-0.3, -0.25) is 4.79 Å². The molecule has 1 fully saturated rings. The maximum absolute atomic E-state index is 12.3. The first-order valence-electron chi connectivity index (χ1n) is 8.83. The third-order valence-electron chi connectivity index (χ3n) is 4.16. The number of nitrogens with zero attached hydrogens (tertiary/aromatic N) is 1. The average Bonchev–Trinajstić information content (AvgIpc) is 3.11. The van der Waals surface area contributed by atoms with Crippen LogP contribution in [0.1, 0.15) is 37.2 Å². The minimum atomic E-state index is -0.0900. The second kappa shape index (κ2) is 9.90. The number of carbonyl (C=O) groups is 1. The lowest BCUT2D eigenvalue weighted by Gasteiger charge is -2.22. The third-order valence-corrected chi connectivity index (χ3v) is 5.05. The van der Waals surface area contributed by atoms with Gasteiger partial charge in [-0.25, -0.2) is 4.98 Å². The fourth-order valence-electron chi connectivity index (χ4n) is 2.88. The Bertz CT molecular complexity index is 697. The van der Waals surface area contributed by atoms with Crippen LogP contribution in [0.3, 0.4) is 0 Å². The van der Waals surface area contributed by atoms with Crippen LogP contribution in [-0.2, 0) is 0 Å². The predicted octanol–water partition coefficient (Wildman–Crippen LogP) is 3.75. The van der Waals surface area contributed by atoms with Crippen LogP contribution in [0.2, 0.25) is 0 Å². The van der Waals surface area contributed by atoms with Crippen LogP contribution in [0.25, 0.3) is 10.6 Å². The van der Waals surface area contributed by atoms with Crippen molar-refractivity contribution < 1.29 is 9.53 Å². The van der Waals surface area contributed by atoms with E-state index in [1.54, 1.807) is 0 Å². The van der Waals surface area contributed by atoms with Crippen molar-refractivity contribution in [2.75, 3.05) is 19.6 Å². The number of nitrogens with one attached hydrogen (secondary N) is 2. The number of carbonyl (C=O) groups excluding carboxylic acids is 1. The average molecular weight is 396 g/mol. The highest BCUT2D eigenvalue weighted by Crippen LogP contribution is 2.26. The van der Waals surface area contributed by atoms with E-state index in [9.17, 15) is 4.79 Å². The first-order valence-corrected chi connectivity index (χ1v) is 9.71. The number of benzene rings is 1. The monoisotopic (exact) mass is 395 g/mol. The summed E-state index contributed by atoms with van der Waals surface area (Å²) in [6.45, 7) is 6.78. The minimum absolute atomic E-state index is 0. The maximum atomic E-state index is 12.3. The predicted molar refractivity (Wildman–Crippen MR) is 108 cm³/mol. The number of halogens is 1. The molecule has 2 heterocycles. The highest BCUT2D eigenvalue weighted by molar-refractivity contribution is 7.13. The van der Waals surface area contributed by atoms with Crippen molar-refractivity contribution in [2.24, 2.45) is 5.92 Å². The molecule has 1 unspecified atom stereocenters. The van der Waals surface area contributed by atoms with Gasteiger partial charge >= 0.3 is 0 Å². The van der Waals surface area contributed by atoms with E-state index in [0.717, 1.165) is 29.4 Å². The smallest absolute Gasteiger partial charge is 0.270 e. The van der Waals surface area contributed by atoms with Gasteiger partial charge in [0.1, 0.15) is 16.5 Å². The molecule has 142 valence electrons. The Morgan fingerprint density at radius 1 is 1.38 bits per heavy atom. The van der Waals surface area contributed by atoms with Crippen molar-refractivity contribution in [2.45, 2.75) is 32.8 Å². The van der Waals surface area contributed by atoms with Crippen LogP contribution >= 0.6 is 23.7 Å². The number of thiazole rings is 1. The zero-order chi connectivity index (χ0) is 17.6. The Balaban J connectivity index is 0.00000243. The Kier molecular flexibility index (Phi) is 7.87. The van der Waals surface area contributed by atoms with Gasteiger partial charge in [-0.15, -0.1) is 23.7 Å². The second-order valence-corrected chi connectivity index (χ2v) is 7.51. The normalized spacial score (nSPS) is 16.8. The molecule has 0 saturated carbocycles. The molecule has 2 aromatic rings. The van der Waals surface area contributed by atoms with Gasteiger partial charge in [-0.05, 0) is 70.0 Å². The lowest BCUT2D eigenvalue weighted by molar-refractivity contribution is 0.0940. The van der Waals surface area contributed by atoms with E-state index in [-0.39, 0.29) is 24.4 Å². The molecule has 1 aliphatic heterocycles. The van der Waals surface area contributed by atoms with Crippen LogP contribution < -0.4 is 15.4 Å². The molecule has 0 spiro atoms.